The predicted molar refractivity (Wildman–Crippen MR) is 65.3 cm³/mol. The zero-order valence-electron chi connectivity index (χ0n) is 9.14. The van der Waals surface area contributed by atoms with Crippen LogP contribution in [-0.4, -0.2) is 12.6 Å². The summed E-state index contributed by atoms with van der Waals surface area (Å²) in [5, 5.41) is 3.42. The van der Waals surface area contributed by atoms with Gasteiger partial charge in [-0.1, -0.05) is 19.9 Å². The number of hydrogen-bond acceptors (Lipinski definition) is 2. The van der Waals surface area contributed by atoms with Gasteiger partial charge < -0.3 is 10.1 Å². The van der Waals surface area contributed by atoms with Crippen LogP contribution >= 0.6 is 15.9 Å². The van der Waals surface area contributed by atoms with Gasteiger partial charge in [0.25, 0.3) is 0 Å². The lowest BCUT2D eigenvalue weighted by Crippen LogP contribution is -2.21. The van der Waals surface area contributed by atoms with Crippen LogP contribution in [0.4, 0.5) is 0 Å². The Morgan fingerprint density at radius 2 is 2.27 bits per heavy atom. The molecule has 0 amide bonds. The van der Waals surface area contributed by atoms with Gasteiger partial charge in [0.15, 0.2) is 0 Å². The van der Waals surface area contributed by atoms with Crippen molar-refractivity contribution in [3.63, 3.8) is 0 Å². The second-order valence-electron chi connectivity index (χ2n) is 4.20. The molecule has 0 aromatic heterocycles. The molecular weight excluding hydrogens is 254 g/mol. The van der Waals surface area contributed by atoms with Crippen LogP contribution < -0.4 is 10.1 Å². The minimum Gasteiger partial charge on any atom is -0.492 e. The summed E-state index contributed by atoms with van der Waals surface area (Å²) < 4.78 is 6.62. The SMILES string of the molecule is CC(C)NCc1cc(Br)c2c(c1)CCO2. The standard InChI is InChI=1S/C12H16BrNO/c1-8(2)14-7-9-5-10-3-4-15-12(10)11(13)6-9/h5-6,8,14H,3-4,7H2,1-2H3. The van der Waals surface area contributed by atoms with Crippen LogP contribution in [-0.2, 0) is 13.0 Å². The van der Waals surface area contributed by atoms with E-state index in [2.05, 4.69) is 47.2 Å². The fourth-order valence-electron chi connectivity index (χ4n) is 1.75. The third-order valence-corrected chi connectivity index (χ3v) is 3.10. The van der Waals surface area contributed by atoms with Crippen molar-refractivity contribution < 1.29 is 4.74 Å². The molecule has 15 heavy (non-hydrogen) atoms. The summed E-state index contributed by atoms with van der Waals surface area (Å²) in [5.74, 6) is 1.03. The smallest absolute Gasteiger partial charge is 0.136 e. The zero-order chi connectivity index (χ0) is 10.8. The molecule has 3 heteroatoms. The maximum absolute atomic E-state index is 5.54. The highest BCUT2D eigenvalue weighted by molar-refractivity contribution is 9.10. The first-order valence-electron chi connectivity index (χ1n) is 5.34. The van der Waals surface area contributed by atoms with Crippen molar-refractivity contribution >= 4 is 15.9 Å². The molecule has 0 aliphatic carbocycles. The van der Waals surface area contributed by atoms with Crippen molar-refractivity contribution in [2.75, 3.05) is 6.61 Å². The molecule has 0 bridgehead atoms. The Labute approximate surface area is 99.1 Å². The average Bonchev–Trinajstić information content (AvgIpc) is 2.63. The highest BCUT2D eigenvalue weighted by Crippen LogP contribution is 2.34. The first-order valence-corrected chi connectivity index (χ1v) is 6.13. The van der Waals surface area contributed by atoms with Crippen molar-refractivity contribution in [2.45, 2.75) is 32.9 Å². The molecule has 0 saturated carbocycles. The van der Waals surface area contributed by atoms with E-state index in [0.717, 1.165) is 29.8 Å². The van der Waals surface area contributed by atoms with Crippen molar-refractivity contribution in [1.29, 1.82) is 0 Å². The van der Waals surface area contributed by atoms with Gasteiger partial charge in [-0.15, -0.1) is 0 Å². The van der Waals surface area contributed by atoms with E-state index in [1.807, 2.05) is 0 Å². The van der Waals surface area contributed by atoms with E-state index in [0.29, 0.717) is 6.04 Å². The molecule has 0 unspecified atom stereocenters. The Morgan fingerprint density at radius 3 is 3.00 bits per heavy atom. The fraction of sp³-hybridized carbons (Fsp3) is 0.500. The quantitative estimate of drug-likeness (QED) is 0.911. The molecule has 2 rings (SSSR count). The molecule has 0 radical (unpaired) electrons. The average molecular weight is 270 g/mol. The van der Waals surface area contributed by atoms with Gasteiger partial charge in [0.1, 0.15) is 5.75 Å². The van der Waals surface area contributed by atoms with Crippen LogP contribution in [0, 0.1) is 0 Å². The summed E-state index contributed by atoms with van der Waals surface area (Å²) in [7, 11) is 0. The normalized spacial score (nSPS) is 14.1. The van der Waals surface area contributed by atoms with E-state index in [1.165, 1.54) is 11.1 Å². The summed E-state index contributed by atoms with van der Waals surface area (Å²) in [4.78, 5) is 0. The Kier molecular flexibility index (Phi) is 3.32. The largest absolute Gasteiger partial charge is 0.492 e. The van der Waals surface area contributed by atoms with Crippen molar-refractivity contribution in [1.82, 2.24) is 5.32 Å². The number of hydrogen-bond donors (Lipinski definition) is 1. The van der Waals surface area contributed by atoms with Gasteiger partial charge in [0.05, 0.1) is 11.1 Å². The van der Waals surface area contributed by atoms with Crippen molar-refractivity contribution in [3.8, 4) is 5.75 Å². The number of fused-ring (bicyclic) bond motifs is 1. The Morgan fingerprint density at radius 1 is 1.47 bits per heavy atom. The molecule has 0 atom stereocenters. The van der Waals surface area contributed by atoms with Gasteiger partial charge in [-0.2, -0.15) is 0 Å². The Balaban J connectivity index is 2.16. The van der Waals surface area contributed by atoms with E-state index in [1.54, 1.807) is 0 Å². The van der Waals surface area contributed by atoms with E-state index in [9.17, 15) is 0 Å². The molecule has 1 aromatic carbocycles. The van der Waals surface area contributed by atoms with E-state index in [-0.39, 0.29) is 0 Å². The summed E-state index contributed by atoms with van der Waals surface area (Å²) >= 11 is 3.55. The molecule has 1 N–H and O–H groups in total. The molecule has 0 spiro atoms. The molecule has 0 fully saturated rings. The number of nitrogens with one attached hydrogen (secondary N) is 1. The molecule has 1 aromatic rings. The minimum absolute atomic E-state index is 0.522. The molecule has 1 aliphatic heterocycles. The topological polar surface area (TPSA) is 21.3 Å². The zero-order valence-corrected chi connectivity index (χ0v) is 10.7. The van der Waals surface area contributed by atoms with Crippen LogP contribution in [0.1, 0.15) is 25.0 Å². The molecule has 1 heterocycles. The lowest BCUT2D eigenvalue weighted by atomic mass is 10.1. The summed E-state index contributed by atoms with van der Waals surface area (Å²) in [6.07, 6.45) is 1.03. The van der Waals surface area contributed by atoms with Gasteiger partial charge in [-0.3, -0.25) is 0 Å². The van der Waals surface area contributed by atoms with Gasteiger partial charge in [-0.05, 0) is 33.1 Å². The molecule has 82 valence electrons. The van der Waals surface area contributed by atoms with Crippen LogP contribution in [0.3, 0.4) is 0 Å². The summed E-state index contributed by atoms with van der Waals surface area (Å²) in [6.45, 7) is 6.05. The van der Waals surface area contributed by atoms with Crippen LogP contribution in [0.5, 0.6) is 5.75 Å². The lowest BCUT2D eigenvalue weighted by molar-refractivity contribution is 0.355. The van der Waals surface area contributed by atoms with E-state index >= 15 is 0 Å². The van der Waals surface area contributed by atoms with Crippen molar-refractivity contribution in [2.24, 2.45) is 0 Å². The van der Waals surface area contributed by atoms with Gasteiger partial charge in [0, 0.05) is 19.0 Å². The second kappa shape index (κ2) is 4.54. The lowest BCUT2D eigenvalue weighted by Gasteiger charge is -2.10. The Hall–Kier alpha value is -0.540. The fourth-order valence-corrected chi connectivity index (χ4v) is 2.41. The third-order valence-electron chi connectivity index (χ3n) is 2.51. The summed E-state index contributed by atoms with van der Waals surface area (Å²) in [5.41, 5.74) is 2.64. The minimum atomic E-state index is 0.522. The third kappa shape index (κ3) is 2.52. The van der Waals surface area contributed by atoms with E-state index in [4.69, 9.17) is 4.74 Å². The highest BCUT2D eigenvalue weighted by atomic mass is 79.9. The molecule has 1 aliphatic rings. The van der Waals surface area contributed by atoms with Crippen LogP contribution in [0.15, 0.2) is 16.6 Å². The van der Waals surface area contributed by atoms with Crippen LogP contribution in [0.2, 0.25) is 0 Å². The maximum Gasteiger partial charge on any atom is 0.136 e. The first-order chi connectivity index (χ1) is 7.16. The van der Waals surface area contributed by atoms with Gasteiger partial charge in [-0.25, -0.2) is 0 Å². The van der Waals surface area contributed by atoms with Gasteiger partial charge >= 0.3 is 0 Å². The van der Waals surface area contributed by atoms with Crippen molar-refractivity contribution in [3.05, 3.63) is 27.7 Å². The first kappa shape index (κ1) is 11.0. The highest BCUT2D eigenvalue weighted by Gasteiger charge is 2.16. The number of benzene rings is 1. The Bertz CT molecular complexity index is 363. The summed E-state index contributed by atoms with van der Waals surface area (Å²) in [6, 6.07) is 4.90. The van der Waals surface area contributed by atoms with Crippen LogP contribution in [0.25, 0.3) is 0 Å². The monoisotopic (exact) mass is 269 g/mol. The molecule has 2 nitrogen and oxygen atoms in total. The predicted octanol–water partition coefficient (Wildman–Crippen LogP) is 2.88. The van der Waals surface area contributed by atoms with E-state index < -0.39 is 0 Å². The second-order valence-corrected chi connectivity index (χ2v) is 5.05. The number of ether oxygens (including phenoxy) is 1. The molecular formula is C12H16BrNO. The van der Waals surface area contributed by atoms with Gasteiger partial charge in [0.2, 0.25) is 0 Å². The number of halogens is 1. The number of rotatable bonds is 3. The molecule has 0 saturated heterocycles. The maximum atomic E-state index is 5.54.